The molecule has 0 aliphatic heterocycles. The smallest absolute Gasteiger partial charge is 0.261 e. The van der Waals surface area contributed by atoms with Crippen LogP contribution in [-0.2, 0) is 22.6 Å². The zero-order valence-electron chi connectivity index (χ0n) is 22.9. The van der Waals surface area contributed by atoms with E-state index >= 15 is 0 Å². The van der Waals surface area contributed by atoms with Crippen LogP contribution in [0.15, 0.2) is 78.9 Å². The number of rotatable bonds is 11. The van der Waals surface area contributed by atoms with Crippen LogP contribution in [0, 0.1) is 6.92 Å². The number of amides is 2. The highest BCUT2D eigenvalue weighted by Crippen LogP contribution is 2.26. The number of hydrogen-bond acceptors (Lipinski definition) is 3. The minimum atomic E-state index is -0.644. The van der Waals surface area contributed by atoms with Gasteiger partial charge in [0.05, 0.1) is 0 Å². The molecule has 0 spiro atoms. The lowest BCUT2D eigenvalue weighted by Gasteiger charge is -2.32. The summed E-state index contributed by atoms with van der Waals surface area (Å²) in [6, 6.07) is 25.3. The van der Waals surface area contributed by atoms with Crippen molar-refractivity contribution in [3.05, 3.63) is 101 Å². The van der Waals surface area contributed by atoms with Crippen LogP contribution in [0.1, 0.15) is 67.7 Å². The number of para-hydroxylation sites is 1. The molecule has 5 nitrogen and oxygen atoms in total. The van der Waals surface area contributed by atoms with Crippen molar-refractivity contribution in [1.29, 1.82) is 0 Å². The number of carbonyl (C=O) groups is 2. The maximum Gasteiger partial charge on any atom is 0.261 e. The topological polar surface area (TPSA) is 58.6 Å². The van der Waals surface area contributed by atoms with Gasteiger partial charge in [0.1, 0.15) is 11.8 Å². The van der Waals surface area contributed by atoms with Crippen molar-refractivity contribution in [2.45, 2.75) is 77.4 Å². The third-order valence-electron chi connectivity index (χ3n) is 7.47. The molecule has 200 valence electrons. The standard InChI is InChI=1S/C33H40N2O3/c1-24(2)29-19-11-12-20-31(29)38-23-32(36)35(22-27-16-8-7-13-25(27)3)30(21-26-14-5-4-6-15-26)33(37)34-28-17-9-10-18-28/h4-8,11-16,19-20,24,28,30H,9-10,17-18,21-23H2,1-3H3,(H,34,37)/t30-/m0/s1. The zero-order valence-corrected chi connectivity index (χ0v) is 22.9. The van der Waals surface area contributed by atoms with Gasteiger partial charge in [-0.2, -0.15) is 0 Å². The molecular weight excluding hydrogens is 472 g/mol. The normalized spacial score (nSPS) is 14.3. The predicted octanol–water partition coefficient (Wildman–Crippen LogP) is 6.20. The zero-order chi connectivity index (χ0) is 26.9. The number of ether oxygens (including phenoxy) is 1. The van der Waals surface area contributed by atoms with Crippen molar-refractivity contribution in [2.24, 2.45) is 0 Å². The summed E-state index contributed by atoms with van der Waals surface area (Å²) >= 11 is 0. The summed E-state index contributed by atoms with van der Waals surface area (Å²) in [7, 11) is 0. The van der Waals surface area contributed by atoms with E-state index in [0.717, 1.165) is 47.9 Å². The van der Waals surface area contributed by atoms with Gasteiger partial charge in [0.25, 0.3) is 5.91 Å². The molecule has 0 saturated heterocycles. The Morgan fingerprint density at radius 3 is 2.29 bits per heavy atom. The molecule has 0 heterocycles. The van der Waals surface area contributed by atoms with E-state index in [1.807, 2.05) is 85.8 Å². The maximum atomic E-state index is 13.9. The van der Waals surface area contributed by atoms with Crippen LogP contribution >= 0.6 is 0 Å². The summed E-state index contributed by atoms with van der Waals surface area (Å²) in [5.41, 5.74) is 4.19. The molecule has 0 radical (unpaired) electrons. The van der Waals surface area contributed by atoms with Crippen LogP contribution in [0.4, 0.5) is 0 Å². The first-order valence-electron chi connectivity index (χ1n) is 13.8. The quantitative estimate of drug-likeness (QED) is 0.333. The largest absolute Gasteiger partial charge is 0.483 e. The van der Waals surface area contributed by atoms with Crippen LogP contribution in [0.5, 0.6) is 5.75 Å². The Hall–Kier alpha value is -3.60. The second-order valence-electron chi connectivity index (χ2n) is 10.6. The van der Waals surface area contributed by atoms with Crippen molar-refractivity contribution in [3.8, 4) is 5.75 Å². The third-order valence-corrected chi connectivity index (χ3v) is 7.47. The molecule has 1 N–H and O–H groups in total. The predicted molar refractivity (Wildman–Crippen MR) is 152 cm³/mol. The fourth-order valence-electron chi connectivity index (χ4n) is 5.20. The first kappa shape index (κ1) is 27.4. The van der Waals surface area contributed by atoms with Crippen LogP contribution in [0.2, 0.25) is 0 Å². The number of nitrogens with zero attached hydrogens (tertiary/aromatic N) is 1. The van der Waals surface area contributed by atoms with E-state index in [-0.39, 0.29) is 30.4 Å². The number of nitrogens with one attached hydrogen (secondary N) is 1. The monoisotopic (exact) mass is 512 g/mol. The van der Waals surface area contributed by atoms with Crippen molar-refractivity contribution in [2.75, 3.05) is 6.61 Å². The van der Waals surface area contributed by atoms with Crippen molar-refractivity contribution in [1.82, 2.24) is 10.2 Å². The van der Waals surface area contributed by atoms with Crippen LogP contribution in [-0.4, -0.2) is 35.4 Å². The molecule has 38 heavy (non-hydrogen) atoms. The number of aryl methyl sites for hydroxylation is 1. The van der Waals surface area contributed by atoms with Gasteiger partial charge in [-0.15, -0.1) is 0 Å². The Morgan fingerprint density at radius 2 is 1.58 bits per heavy atom. The van der Waals surface area contributed by atoms with Gasteiger partial charge in [0.2, 0.25) is 5.91 Å². The highest BCUT2D eigenvalue weighted by atomic mass is 16.5. The van der Waals surface area contributed by atoms with E-state index in [4.69, 9.17) is 4.74 Å². The Labute approximate surface area is 227 Å². The van der Waals surface area contributed by atoms with Gasteiger partial charge >= 0.3 is 0 Å². The summed E-state index contributed by atoms with van der Waals surface area (Å²) in [4.78, 5) is 29.4. The van der Waals surface area contributed by atoms with Gasteiger partial charge in [-0.05, 0) is 54.0 Å². The Bertz CT molecular complexity index is 1200. The molecule has 1 fully saturated rings. The lowest BCUT2D eigenvalue weighted by molar-refractivity contribution is -0.143. The summed E-state index contributed by atoms with van der Waals surface area (Å²) in [6.45, 7) is 6.47. The van der Waals surface area contributed by atoms with E-state index in [1.54, 1.807) is 4.90 Å². The Balaban J connectivity index is 1.63. The first-order chi connectivity index (χ1) is 18.4. The van der Waals surface area contributed by atoms with Crippen molar-refractivity contribution < 1.29 is 14.3 Å². The van der Waals surface area contributed by atoms with Gasteiger partial charge in [-0.3, -0.25) is 9.59 Å². The maximum absolute atomic E-state index is 13.9. The number of carbonyl (C=O) groups excluding carboxylic acids is 2. The third kappa shape index (κ3) is 7.25. The average Bonchev–Trinajstić information content (AvgIpc) is 3.44. The highest BCUT2D eigenvalue weighted by Gasteiger charge is 2.32. The van der Waals surface area contributed by atoms with E-state index in [1.165, 1.54) is 0 Å². The summed E-state index contributed by atoms with van der Waals surface area (Å²) in [5, 5.41) is 3.26. The van der Waals surface area contributed by atoms with E-state index in [2.05, 4.69) is 19.2 Å². The second kappa shape index (κ2) is 13.3. The van der Waals surface area contributed by atoms with Crippen LogP contribution in [0.25, 0.3) is 0 Å². The van der Waals surface area contributed by atoms with Gasteiger partial charge < -0.3 is 15.0 Å². The van der Waals surface area contributed by atoms with Gasteiger partial charge in [0.15, 0.2) is 6.61 Å². The second-order valence-corrected chi connectivity index (χ2v) is 10.6. The molecule has 0 aromatic heterocycles. The van der Waals surface area contributed by atoms with Crippen LogP contribution < -0.4 is 10.1 Å². The van der Waals surface area contributed by atoms with E-state index < -0.39 is 6.04 Å². The summed E-state index contributed by atoms with van der Waals surface area (Å²) in [6.07, 6.45) is 4.68. The molecule has 1 aliphatic rings. The molecule has 1 aliphatic carbocycles. The molecular formula is C33H40N2O3. The summed E-state index contributed by atoms with van der Waals surface area (Å²) < 4.78 is 6.10. The van der Waals surface area contributed by atoms with Crippen molar-refractivity contribution in [3.63, 3.8) is 0 Å². The van der Waals surface area contributed by atoms with Crippen molar-refractivity contribution >= 4 is 11.8 Å². The van der Waals surface area contributed by atoms with Crippen LogP contribution in [0.3, 0.4) is 0 Å². The molecule has 5 heteroatoms. The fraction of sp³-hybridized carbons (Fsp3) is 0.394. The molecule has 4 rings (SSSR count). The SMILES string of the molecule is Cc1ccccc1CN(C(=O)COc1ccccc1C(C)C)[C@@H](Cc1ccccc1)C(=O)NC1CCCC1. The molecule has 0 unspecified atom stereocenters. The van der Waals surface area contributed by atoms with Gasteiger partial charge in [-0.1, -0.05) is 99.5 Å². The molecule has 1 atom stereocenters. The van der Waals surface area contributed by atoms with E-state index in [9.17, 15) is 9.59 Å². The molecule has 1 saturated carbocycles. The van der Waals surface area contributed by atoms with Gasteiger partial charge in [0, 0.05) is 19.0 Å². The minimum Gasteiger partial charge on any atom is -0.483 e. The first-order valence-corrected chi connectivity index (χ1v) is 13.8. The van der Waals surface area contributed by atoms with Gasteiger partial charge in [-0.25, -0.2) is 0 Å². The Morgan fingerprint density at radius 1 is 0.921 bits per heavy atom. The molecule has 0 bridgehead atoms. The Kier molecular flexibility index (Phi) is 9.58. The number of hydrogen-bond donors (Lipinski definition) is 1. The highest BCUT2D eigenvalue weighted by molar-refractivity contribution is 5.88. The van der Waals surface area contributed by atoms with E-state index in [0.29, 0.717) is 18.7 Å². The molecule has 3 aromatic rings. The average molecular weight is 513 g/mol. The summed E-state index contributed by atoms with van der Waals surface area (Å²) in [5.74, 6) is 0.689. The molecule has 3 aromatic carbocycles. The lowest BCUT2D eigenvalue weighted by Crippen LogP contribution is -2.53. The minimum absolute atomic E-state index is 0.0923. The lowest BCUT2D eigenvalue weighted by atomic mass is 10.0. The number of benzene rings is 3. The fourth-order valence-corrected chi connectivity index (χ4v) is 5.20. The molecule has 2 amide bonds.